The van der Waals surface area contributed by atoms with Gasteiger partial charge >= 0.3 is 0 Å². The third-order valence-electron chi connectivity index (χ3n) is 8.13. The number of hydrogen-bond donors (Lipinski definition) is 1. The first-order valence-corrected chi connectivity index (χ1v) is 12.9. The van der Waals surface area contributed by atoms with Gasteiger partial charge in [-0.2, -0.15) is 0 Å². The summed E-state index contributed by atoms with van der Waals surface area (Å²) in [7, 11) is 0. The number of aromatic hydroxyl groups is 1. The average molecular weight is 474 g/mol. The lowest BCUT2D eigenvalue weighted by Gasteiger charge is -2.50. The third kappa shape index (κ3) is 4.09. The van der Waals surface area contributed by atoms with E-state index in [0.29, 0.717) is 25.0 Å². The summed E-state index contributed by atoms with van der Waals surface area (Å²) in [6, 6.07) is 1.38. The molecule has 0 spiro atoms. The Kier molecular flexibility index (Phi) is 6.54. The topological polar surface area (TPSA) is 65.8 Å². The van der Waals surface area contributed by atoms with E-state index in [1.165, 1.54) is 11.6 Å². The normalized spacial score (nSPS) is 29.2. The van der Waals surface area contributed by atoms with Crippen molar-refractivity contribution in [1.82, 2.24) is 9.58 Å². The molecular formula is C29H35N3O3. The van der Waals surface area contributed by atoms with Crippen molar-refractivity contribution in [3.05, 3.63) is 88.9 Å². The van der Waals surface area contributed by atoms with Crippen LogP contribution in [0, 0.1) is 23.7 Å². The molecular weight excluding hydrogens is 438 g/mol. The molecule has 1 fully saturated rings. The molecule has 1 N–H and O–H groups in total. The van der Waals surface area contributed by atoms with Crippen LogP contribution in [-0.4, -0.2) is 39.8 Å². The number of carbonyl (C=O) groups is 1. The molecule has 6 heteroatoms. The Hall–Kier alpha value is -3.28. The minimum Gasteiger partial charge on any atom is -0.502 e. The zero-order valence-electron chi connectivity index (χ0n) is 20.4. The number of fused-ring (bicyclic) bond motifs is 3. The molecule has 0 radical (unpaired) electrons. The van der Waals surface area contributed by atoms with Crippen LogP contribution in [0.1, 0.15) is 49.5 Å². The van der Waals surface area contributed by atoms with Crippen molar-refractivity contribution < 1.29 is 9.90 Å². The van der Waals surface area contributed by atoms with E-state index < -0.39 is 11.2 Å². The summed E-state index contributed by atoms with van der Waals surface area (Å²) in [4.78, 5) is 27.7. The molecule has 35 heavy (non-hydrogen) atoms. The van der Waals surface area contributed by atoms with Crippen molar-refractivity contribution in [1.29, 1.82) is 0 Å². The standard InChI is InChI=1S/C29H35N3O3/c1-3-5-8-17-30-19-32(31-18-16-24(33)28(34)27(31)29(30)35)26-23-13-7-6-10-21(23)14-15-22-12-9-11-20(4-2)25(22)26/h4,6-7,9-13,16,18,21-23,25-26,34H,2-3,5,8,14-15,17,19H2,1H3/t21?,22?,23?,25?,26-/m1/s1. The number of pyridine rings is 1. The second kappa shape index (κ2) is 9.76. The van der Waals surface area contributed by atoms with Crippen LogP contribution < -0.4 is 10.4 Å². The average Bonchev–Trinajstić information content (AvgIpc) is 3.04. The molecule has 0 aromatic carbocycles. The van der Waals surface area contributed by atoms with Crippen LogP contribution in [0.4, 0.5) is 0 Å². The highest BCUT2D eigenvalue weighted by atomic mass is 16.3. The summed E-state index contributed by atoms with van der Waals surface area (Å²) in [5.74, 6) is 0.405. The SMILES string of the molecule is C=CC1=CC=CC2CCC3C=CC=CC3[C@@H](N3CN(CCCCC)C(=O)c4c(O)c(=O)ccn43)C12. The van der Waals surface area contributed by atoms with E-state index in [1.54, 1.807) is 15.8 Å². The Labute approximate surface area is 207 Å². The predicted molar refractivity (Wildman–Crippen MR) is 139 cm³/mol. The van der Waals surface area contributed by atoms with Crippen LogP contribution >= 0.6 is 0 Å². The van der Waals surface area contributed by atoms with Gasteiger partial charge in [-0.15, -0.1) is 0 Å². The van der Waals surface area contributed by atoms with Gasteiger partial charge in [-0.3, -0.25) is 19.3 Å². The predicted octanol–water partition coefficient (Wildman–Crippen LogP) is 4.53. The smallest absolute Gasteiger partial charge is 0.277 e. The van der Waals surface area contributed by atoms with Gasteiger partial charge in [-0.1, -0.05) is 75.0 Å². The van der Waals surface area contributed by atoms with Gasteiger partial charge in [0, 0.05) is 30.6 Å². The van der Waals surface area contributed by atoms with E-state index in [2.05, 4.69) is 61.0 Å². The van der Waals surface area contributed by atoms with Gasteiger partial charge in [0.15, 0.2) is 11.4 Å². The second-order valence-corrected chi connectivity index (χ2v) is 10.1. The Balaban J connectivity index is 1.66. The molecule has 1 aromatic rings. The molecule has 5 atom stereocenters. The zero-order valence-corrected chi connectivity index (χ0v) is 20.4. The molecule has 1 aromatic heterocycles. The quantitative estimate of drug-likeness (QED) is 0.617. The molecule has 1 amide bonds. The molecule has 1 aliphatic heterocycles. The Morgan fingerprint density at radius 1 is 1.09 bits per heavy atom. The Morgan fingerprint density at radius 2 is 1.86 bits per heavy atom. The lowest BCUT2D eigenvalue weighted by Crippen LogP contribution is -2.62. The van der Waals surface area contributed by atoms with Gasteiger partial charge in [0.25, 0.3) is 5.91 Å². The molecule has 5 rings (SSSR count). The van der Waals surface area contributed by atoms with Crippen LogP contribution in [0.15, 0.2) is 77.8 Å². The van der Waals surface area contributed by atoms with Gasteiger partial charge in [-0.25, -0.2) is 0 Å². The summed E-state index contributed by atoms with van der Waals surface area (Å²) in [5.41, 5.74) is 0.750. The van der Waals surface area contributed by atoms with E-state index in [0.717, 1.165) is 32.1 Å². The van der Waals surface area contributed by atoms with E-state index in [4.69, 9.17) is 0 Å². The van der Waals surface area contributed by atoms with Crippen molar-refractivity contribution >= 4 is 5.91 Å². The number of carbonyl (C=O) groups excluding carboxylic acids is 1. The first-order valence-electron chi connectivity index (χ1n) is 12.9. The number of rotatable bonds is 6. The number of allylic oxidation sites excluding steroid dienone is 7. The molecule has 1 saturated carbocycles. The van der Waals surface area contributed by atoms with Gasteiger partial charge in [0.1, 0.15) is 6.67 Å². The molecule has 2 heterocycles. The van der Waals surface area contributed by atoms with Crippen molar-refractivity contribution in [3.8, 4) is 5.75 Å². The lowest BCUT2D eigenvalue weighted by atomic mass is 9.72. The molecule has 4 aliphatic rings. The van der Waals surface area contributed by atoms with Crippen molar-refractivity contribution in [2.24, 2.45) is 23.7 Å². The van der Waals surface area contributed by atoms with E-state index in [1.807, 2.05) is 6.08 Å². The van der Waals surface area contributed by atoms with E-state index in [9.17, 15) is 14.7 Å². The molecule has 0 saturated heterocycles. The van der Waals surface area contributed by atoms with Crippen LogP contribution in [0.5, 0.6) is 5.75 Å². The minimum atomic E-state index is -0.524. The van der Waals surface area contributed by atoms with Gasteiger partial charge in [0.05, 0.1) is 6.04 Å². The molecule has 6 nitrogen and oxygen atoms in total. The van der Waals surface area contributed by atoms with Crippen LogP contribution in [-0.2, 0) is 0 Å². The zero-order chi connectivity index (χ0) is 24.5. The van der Waals surface area contributed by atoms with Crippen LogP contribution in [0.3, 0.4) is 0 Å². The highest BCUT2D eigenvalue weighted by Gasteiger charge is 2.47. The van der Waals surface area contributed by atoms with Crippen LogP contribution in [0.25, 0.3) is 0 Å². The summed E-state index contributed by atoms with van der Waals surface area (Å²) < 4.78 is 1.75. The van der Waals surface area contributed by atoms with Gasteiger partial charge in [-0.05, 0) is 36.7 Å². The number of unbranched alkanes of at least 4 members (excludes halogenated alkanes) is 2. The van der Waals surface area contributed by atoms with E-state index >= 15 is 0 Å². The Bertz CT molecular complexity index is 1170. The largest absolute Gasteiger partial charge is 0.502 e. The second-order valence-electron chi connectivity index (χ2n) is 10.1. The minimum absolute atomic E-state index is 0.0188. The van der Waals surface area contributed by atoms with E-state index in [-0.39, 0.29) is 29.5 Å². The van der Waals surface area contributed by atoms with Crippen LogP contribution in [0.2, 0.25) is 0 Å². The summed E-state index contributed by atoms with van der Waals surface area (Å²) in [6.45, 7) is 7.28. The fraction of sp³-hybridized carbons (Fsp3) is 0.448. The number of amides is 1. The highest BCUT2D eigenvalue weighted by Crippen LogP contribution is 2.46. The molecule has 4 unspecified atom stereocenters. The number of aromatic nitrogens is 1. The first kappa shape index (κ1) is 23.5. The monoisotopic (exact) mass is 473 g/mol. The number of hydrogen-bond acceptors (Lipinski definition) is 4. The Morgan fingerprint density at radius 3 is 2.66 bits per heavy atom. The number of nitrogens with zero attached hydrogens (tertiary/aromatic N) is 3. The van der Waals surface area contributed by atoms with Crippen molar-refractivity contribution in [3.63, 3.8) is 0 Å². The molecule has 3 aliphatic carbocycles. The maximum absolute atomic E-state index is 13.5. The highest BCUT2D eigenvalue weighted by molar-refractivity contribution is 5.96. The lowest BCUT2D eigenvalue weighted by molar-refractivity contribution is 0.0650. The summed E-state index contributed by atoms with van der Waals surface area (Å²) in [6.07, 6.45) is 24.3. The maximum Gasteiger partial charge on any atom is 0.277 e. The first-order chi connectivity index (χ1) is 17.0. The summed E-state index contributed by atoms with van der Waals surface area (Å²) >= 11 is 0. The van der Waals surface area contributed by atoms with Crippen molar-refractivity contribution in [2.45, 2.75) is 45.1 Å². The fourth-order valence-electron chi connectivity index (χ4n) is 6.40. The molecule has 184 valence electrons. The maximum atomic E-state index is 13.5. The fourth-order valence-corrected chi connectivity index (χ4v) is 6.40. The van der Waals surface area contributed by atoms with Crippen molar-refractivity contribution in [2.75, 3.05) is 18.2 Å². The molecule has 0 bridgehead atoms. The summed E-state index contributed by atoms with van der Waals surface area (Å²) in [5, 5.41) is 13.0. The third-order valence-corrected chi connectivity index (χ3v) is 8.13. The van der Waals surface area contributed by atoms with Gasteiger partial charge in [0.2, 0.25) is 5.43 Å². The van der Waals surface area contributed by atoms with Gasteiger partial charge < -0.3 is 10.0 Å².